The van der Waals surface area contributed by atoms with Crippen molar-refractivity contribution in [3.05, 3.63) is 5.56 Å². The lowest BCUT2D eigenvalue weighted by Crippen LogP contribution is -2.37. The van der Waals surface area contributed by atoms with E-state index in [0.717, 1.165) is 0 Å². The Kier molecular flexibility index (Phi) is 3.75. The van der Waals surface area contributed by atoms with E-state index in [4.69, 9.17) is 15.2 Å². The number of anilines is 2. The Morgan fingerprint density at radius 1 is 1.43 bits per heavy atom. The third-order valence-electron chi connectivity index (χ3n) is 4.32. The highest BCUT2D eigenvalue weighted by molar-refractivity contribution is 5.99. The summed E-state index contributed by atoms with van der Waals surface area (Å²) in [6, 6.07) is 0.211. The van der Waals surface area contributed by atoms with E-state index in [1.54, 1.807) is 4.68 Å². The SMILES string of the molecule is COC(=O)c1c(N2CCOCC2)nn(C(C)C2CC2)c1N. The standard InChI is InChI=1S/C14H22N4O3/c1-9(10-3-4-10)18-12(15)11(14(19)20-2)13(16-18)17-5-7-21-8-6-17/h9-10H,3-8,15H2,1-2H3. The van der Waals surface area contributed by atoms with Gasteiger partial charge in [0.1, 0.15) is 11.4 Å². The van der Waals surface area contributed by atoms with Crippen LogP contribution in [-0.2, 0) is 9.47 Å². The number of nitrogens with two attached hydrogens (primary N) is 1. The van der Waals surface area contributed by atoms with Gasteiger partial charge in [-0.2, -0.15) is 5.10 Å². The minimum Gasteiger partial charge on any atom is -0.465 e. The fourth-order valence-corrected chi connectivity index (χ4v) is 2.82. The molecule has 1 saturated heterocycles. The van der Waals surface area contributed by atoms with Crippen molar-refractivity contribution in [2.24, 2.45) is 5.92 Å². The molecule has 2 aliphatic rings. The average Bonchev–Trinajstić information content (AvgIpc) is 3.30. The first-order chi connectivity index (χ1) is 10.1. The van der Waals surface area contributed by atoms with Crippen molar-refractivity contribution in [1.82, 2.24) is 9.78 Å². The first kappa shape index (κ1) is 14.2. The molecule has 3 rings (SSSR count). The van der Waals surface area contributed by atoms with Crippen molar-refractivity contribution in [1.29, 1.82) is 0 Å². The second-order valence-electron chi connectivity index (χ2n) is 5.70. The molecule has 0 bridgehead atoms. The molecule has 2 fully saturated rings. The number of esters is 1. The molecule has 7 heteroatoms. The van der Waals surface area contributed by atoms with Crippen molar-refractivity contribution < 1.29 is 14.3 Å². The van der Waals surface area contributed by atoms with Gasteiger partial charge in [-0.1, -0.05) is 0 Å². The van der Waals surface area contributed by atoms with E-state index in [1.807, 2.05) is 4.90 Å². The monoisotopic (exact) mass is 294 g/mol. The van der Waals surface area contributed by atoms with Gasteiger partial charge < -0.3 is 20.1 Å². The molecule has 1 aliphatic carbocycles. The number of hydrogen-bond donors (Lipinski definition) is 1. The number of ether oxygens (including phenoxy) is 2. The van der Waals surface area contributed by atoms with Gasteiger partial charge in [-0.3, -0.25) is 0 Å². The Labute approximate surface area is 124 Å². The van der Waals surface area contributed by atoms with Crippen LogP contribution in [0.5, 0.6) is 0 Å². The van der Waals surface area contributed by atoms with Gasteiger partial charge in [0.05, 0.1) is 26.4 Å². The summed E-state index contributed by atoms with van der Waals surface area (Å²) in [5.74, 6) is 1.20. The highest BCUT2D eigenvalue weighted by Gasteiger charge is 2.34. The summed E-state index contributed by atoms with van der Waals surface area (Å²) in [5, 5.41) is 4.62. The molecular formula is C14H22N4O3. The number of rotatable bonds is 4. The van der Waals surface area contributed by atoms with Gasteiger partial charge in [0.2, 0.25) is 0 Å². The number of morpholine rings is 1. The Morgan fingerprint density at radius 3 is 2.67 bits per heavy atom. The molecule has 1 unspecified atom stereocenters. The summed E-state index contributed by atoms with van der Waals surface area (Å²) >= 11 is 0. The molecule has 1 atom stereocenters. The van der Waals surface area contributed by atoms with Gasteiger partial charge in [0, 0.05) is 13.1 Å². The maximum atomic E-state index is 12.1. The Bertz CT molecular complexity index is 533. The molecule has 0 amide bonds. The van der Waals surface area contributed by atoms with Crippen molar-refractivity contribution >= 4 is 17.6 Å². The molecule has 1 aliphatic heterocycles. The predicted molar refractivity (Wildman–Crippen MR) is 78.4 cm³/mol. The minimum atomic E-state index is -0.428. The summed E-state index contributed by atoms with van der Waals surface area (Å²) in [5.41, 5.74) is 6.58. The first-order valence-electron chi connectivity index (χ1n) is 7.42. The van der Waals surface area contributed by atoms with Gasteiger partial charge in [-0.15, -0.1) is 0 Å². The number of carbonyl (C=O) groups excluding carboxylic acids is 1. The smallest absolute Gasteiger partial charge is 0.345 e. The lowest BCUT2D eigenvalue weighted by molar-refractivity contribution is 0.0601. The molecule has 21 heavy (non-hydrogen) atoms. The molecule has 1 aromatic heterocycles. The van der Waals surface area contributed by atoms with Crippen LogP contribution < -0.4 is 10.6 Å². The number of carbonyl (C=O) groups is 1. The normalized spacial score (nSPS) is 20.4. The number of nitrogen functional groups attached to an aromatic ring is 1. The molecule has 116 valence electrons. The highest BCUT2D eigenvalue weighted by Crippen LogP contribution is 2.41. The van der Waals surface area contributed by atoms with Crippen LogP contribution in [0, 0.1) is 5.92 Å². The summed E-state index contributed by atoms with van der Waals surface area (Å²) < 4.78 is 12.0. The van der Waals surface area contributed by atoms with E-state index in [1.165, 1.54) is 20.0 Å². The van der Waals surface area contributed by atoms with Crippen LogP contribution in [-0.4, -0.2) is 49.2 Å². The van der Waals surface area contributed by atoms with Crippen molar-refractivity contribution in [2.45, 2.75) is 25.8 Å². The van der Waals surface area contributed by atoms with Gasteiger partial charge in [-0.05, 0) is 25.7 Å². The second kappa shape index (κ2) is 5.55. The van der Waals surface area contributed by atoms with Crippen molar-refractivity contribution in [2.75, 3.05) is 44.0 Å². The number of methoxy groups -OCH3 is 1. The zero-order valence-electron chi connectivity index (χ0n) is 12.5. The van der Waals surface area contributed by atoms with Crippen LogP contribution in [0.25, 0.3) is 0 Å². The average molecular weight is 294 g/mol. The van der Waals surface area contributed by atoms with Crippen LogP contribution in [0.2, 0.25) is 0 Å². The van der Waals surface area contributed by atoms with Crippen molar-refractivity contribution in [3.63, 3.8) is 0 Å². The van der Waals surface area contributed by atoms with E-state index >= 15 is 0 Å². The highest BCUT2D eigenvalue weighted by atomic mass is 16.5. The zero-order valence-corrected chi connectivity index (χ0v) is 12.5. The number of aromatic nitrogens is 2. The quantitative estimate of drug-likeness (QED) is 0.836. The van der Waals surface area contributed by atoms with Gasteiger partial charge in [0.25, 0.3) is 0 Å². The topological polar surface area (TPSA) is 82.6 Å². The van der Waals surface area contributed by atoms with Gasteiger partial charge >= 0.3 is 5.97 Å². The summed E-state index contributed by atoms with van der Waals surface area (Å²) in [6.45, 7) is 4.78. The Balaban J connectivity index is 1.99. The van der Waals surface area contributed by atoms with E-state index < -0.39 is 5.97 Å². The Hall–Kier alpha value is -1.76. The van der Waals surface area contributed by atoms with Crippen LogP contribution in [0.3, 0.4) is 0 Å². The first-order valence-corrected chi connectivity index (χ1v) is 7.42. The second-order valence-corrected chi connectivity index (χ2v) is 5.70. The molecule has 2 heterocycles. The summed E-state index contributed by atoms with van der Waals surface area (Å²) in [4.78, 5) is 14.1. The fraction of sp³-hybridized carbons (Fsp3) is 0.714. The summed E-state index contributed by atoms with van der Waals surface area (Å²) in [6.07, 6.45) is 2.39. The molecular weight excluding hydrogens is 272 g/mol. The maximum absolute atomic E-state index is 12.1. The Morgan fingerprint density at radius 2 is 2.10 bits per heavy atom. The third-order valence-corrected chi connectivity index (χ3v) is 4.32. The molecule has 2 N–H and O–H groups in total. The van der Waals surface area contributed by atoms with Crippen LogP contribution in [0.15, 0.2) is 0 Å². The van der Waals surface area contributed by atoms with E-state index in [9.17, 15) is 4.79 Å². The third kappa shape index (κ3) is 2.57. The fourth-order valence-electron chi connectivity index (χ4n) is 2.82. The molecule has 0 aromatic carbocycles. The molecule has 7 nitrogen and oxygen atoms in total. The van der Waals surface area contributed by atoms with Gasteiger partial charge in [-0.25, -0.2) is 9.48 Å². The molecule has 1 saturated carbocycles. The molecule has 0 spiro atoms. The van der Waals surface area contributed by atoms with E-state index in [0.29, 0.717) is 49.4 Å². The van der Waals surface area contributed by atoms with Crippen LogP contribution in [0.1, 0.15) is 36.2 Å². The lowest BCUT2D eigenvalue weighted by atomic mass is 10.2. The van der Waals surface area contributed by atoms with E-state index in [2.05, 4.69) is 12.0 Å². The number of hydrogen-bond acceptors (Lipinski definition) is 6. The van der Waals surface area contributed by atoms with Crippen molar-refractivity contribution in [3.8, 4) is 0 Å². The predicted octanol–water partition coefficient (Wildman–Crippen LogP) is 1.06. The molecule has 0 radical (unpaired) electrons. The van der Waals surface area contributed by atoms with Crippen LogP contribution in [0.4, 0.5) is 11.6 Å². The molecule has 1 aromatic rings. The minimum absolute atomic E-state index is 0.211. The van der Waals surface area contributed by atoms with E-state index in [-0.39, 0.29) is 6.04 Å². The van der Waals surface area contributed by atoms with Crippen LogP contribution >= 0.6 is 0 Å². The lowest BCUT2D eigenvalue weighted by Gasteiger charge is -2.27. The largest absolute Gasteiger partial charge is 0.465 e. The number of nitrogens with zero attached hydrogens (tertiary/aromatic N) is 3. The zero-order chi connectivity index (χ0) is 15.0. The maximum Gasteiger partial charge on any atom is 0.345 e. The summed E-state index contributed by atoms with van der Waals surface area (Å²) in [7, 11) is 1.37. The van der Waals surface area contributed by atoms with Gasteiger partial charge in [0.15, 0.2) is 5.82 Å².